The van der Waals surface area contributed by atoms with Gasteiger partial charge in [0.15, 0.2) is 5.96 Å². The molecule has 7 heteroatoms. The van der Waals surface area contributed by atoms with Crippen LogP contribution in [0.3, 0.4) is 0 Å². The first-order valence-corrected chi connectivity index (χ1v) is 8.32. The zero-order valence-corrected chi connectivity index (χ0v) is 18.0. The molecule has 26 heavy (non-hydrogen) atoms. The predicted octanol–water partition coefficient (Wildman–Crippen LogP) is 3.28. The number of ether oxygens (including phenoxy) is 2. The zero-order valence-electron chi connectivity index (χ0n) is 15.7. The van der Waals surface area contributed by atoms with E-state index >= 15 is 0 Å². The van der Waals surface area contributed by atoms with Crippen molar-refractivity contribution in [3.63, 3.8) is 0 Å². The lowest BCUT2D eigenvalue weighted by atomic mass is 10.1. The summed E-state index contributed by atoms with van der Waals surface area (Å²) in [5.41, 5.74) is 3.24. The molecule has 1 aromatic heterocycles. The van der Waals surface area contributed by atoms with Crippen molar-refractivity contribution >= 4 is 29.9 Å². The molecule has 0 aliphatic heterocycles. The fraction of sp³-hybridized carbons (Fsp3) is 0.368. The molecule has 2 aromatic rings. The third kappa shape index (κ3) is 6.36. The monoisotopic (exact) mass is 470 g/mol. The number of aromatic nitrogens is 1. The number of benzene rings is 1. The van der Waals surface area contributed by atoms with Gasteiger partial charge >= 0.3 is 0 Å². The number of aliphatic imine (C=N–C) groups is 1. The van der Waals surface area contributed by atoms with E-state index in [0.717, 1.165) is 16.9 Å². The smallest absolute Gasteiger partial charge is 0.218 e. The number of nitrogens with zero attached hydrogens (tertiary/aromatic N) is 2. The second-order valence-electron chi connectivity index (χ2n) is 5.50. The van der Waals surface area contributed by atoms with Crippen molar-refractivity contribution in [2.24, 2.45) is 4.99 Å². The van der Waals surface area contributed by atoms with E-state index in [2.05, 4.69) is 45.7 Å². The van der Waals surface area contributed by atoms with Crippen molar-refractivity contribution in [2.75, 3.05) is 20.8 Å². The molecule has 0 spiro atoms. The van der Waals surface area contributed by atoms with Gasteiger partial charge in [-0.25, -0.2) is 4.98 Å². The molecule has 1 heterocycles. The number of aryl methyl sites for hydroxylation is 1. The van der Waals surface area contributed by atoms with Crippen molar-refractivity contribution in [3.05, 3.63) is 53.2 Å². The van der Waals surface area contributed by atoms with Crippen molar-refractivity contribution in [1.82, 2.24) is 15.6 Å². The van der Waals surface area contributed by atoms with Crippen LogP contribution in [0, 0.1) is 6.92 Å². The van der Waals surface area contributed by atoms with Crippen molar-refractivity contribution in [2.45, 2.75) is 26.9 Å². The maximum Gasteiger partial charge on any atom is 0.218 e. The third-order valence-corrected chi connectivity index (χ3v) is 3.68. The lowest BCUT2D eigenvalue weighted by Crippen LogP contribution is -2.36. The minimum Gasteiger partial charge on any atom is -0.494 e. The number of nitrogens with one attached hydrogen (secondary N) is 2. The van der Waals surface area contributed by atoms with Crippen LogP contribution in [0.2, 0.25) is 0 Å². The molecule has 0 unspecified atom stereocenters. The minimum atomic E-state index is 0. The molecule has 0 atom stereocenters. The van der Waals surface area contributed by atoms with E-state index in [-0.39, 0.29) is 24.0 Å². The average Bonchev–Trinajstić information content (AvgIpc) is 2.63. The van der Waals surface area contributed by atoms with Gasteiger partial charge in [0.05, 0.1) is 13.7 Å². The van der Waals surface area contributed by atoms with E-state index < -0.39 is 0 Å². The maximum atomic E-state index is 5.72. The summed E-state index contributed by atoms with van der Waals surface area (Å²) in [6.45, 7) is 5.88. The van der Waals surface area contributed by atoms with Crippen molar-refractivity contribution in [1.29, 1.82) is 0 Å². The van der Waals surface area contributed by atoms with Crippen molar-refractivity contribution < 1.29 is 9.47 Å². The van der Waals surface area contributed by atoms with Gasteiger partial charge in [-0.05, 0) is 31.5 Å². The number of hydrogen-bond acceptors (Lipinski definition) is 4. The molecule has 142 valence electrons. The van der Waals surface area contributed by atoms with E-state index in [4.69, 9.17) is 9.47 Å². The summed E-state index contributed by atoms with van der Waals surface area (Å²) < 4.78 is 11.0. The Balaban J connectivity index is 0.00000338. The highest BCUT2D eigenvalue weighted by Crippen LogP contribution is 2.20. The zero-order chi connectivity index (χ0) is 18.1. The van der Waals surface area contributed by atoms with Crippen LogP contribution in [-0.4, -0.2) is 31.7 Å². The summed E-state index contributed by atoms with van der Waals surface area (Å²) in [6.07, 6.45) is 1.71. The maximum absolute atomic E-state index is 5.72. The summed E-state index contributed by atoms with van der Waals surface area (Å²) in [5.74, 6) is 2.22. The first-order chi connectivity index (χ1) is 12.2. The number of halogens is 1. The molecule has 0 saturated carbocycles. The summed E-state index contributed by atoms with van der Waals surface area (Å²) in [7, 11) is 3.36. The summed E-state index contributed by atoms with van der Waals surface area (Å²) >= 11 is 0. The fourth-order valence-corrected chi connectivity index (χ4v) is 2.42. The molecule has 0 bridgehead atoms. The third-order valence-electron chi connectivity index (χ3n) is 3.68. The van der Waals surface area contributed by atoms with E-state index in [0.29, 0.717) is 31.5 Å². The molecular weight excluding hydrogens is 443 g/mol. The van der Waals surface area contributed by atoms with Crippen LogP contribution in [0.15, 0.2) is 41.5 Å². The Morgan fingerprint density at radius 3 is 2.54 bits per heavy atom. The molecule has 0 amide bonds. The Kier molecular flexibility index (Phi) is 9.79. The summed E-state index contributed by atoms with van der Waals surface area (Å²) in [6, 6.07) is 10.1. The molecule has 2 N–H and O–H groups in total. The van der Waals surface area contributed by atoms with Gasteiger partial charge in [0.2, 0.25) is 5.88 Å². The van der Waals surface area contributed by atoms with Gasteiger partial charge in [-0.1, -0.05) is 18.2 Å². The van der Waals surface area contributed by atoms with Crippen LogP contribution in [0.5, 0.6) is 11.6 Å². The largest absolute Gasteiger partial charge is 0.494 e. The van der Waals surface area contributed by atoms with Crippen molar-refractivity contribution in [3.8, 4) is 11.6 Å². The molecular formula is C19H27IN4O2. The van der Waals surface area contributed by atoms with Gasteiger partial charge in [-0.15, -0.1) is 24.0 Å². The summed E-state index contributed by atoms with van der Waals surface area (Å²) in [5, 5.41) is 6.58. The quantitative estimate of drug-likeness (QED) is 0.370. The number of hydrogen-bond donors (Lipinski definition) is 2. The second kappa shape index (κ2) is 11.6. The molecule has 0 fully saturated rings. The molecule has 0 radical (unpaired) electrons. The first-order valence-electron chi connectivity index (χ1n) is 8.32. The molecule has 1 aromatic carbocycles. The predicted molar refractivity (Wildman–Crippen MR) is 116 cm³/mol. The van der Waals surface area contributed by atoms with E-state index in [1.165, 1.54) is 5.56 Å². The van der Waals surface area contributed by atoms with Gasteiger partial charge < -0.3 is 20.1 Å². The van der Waals surface area contributed by atoms with Gasteiger partial charge in [-0.3, -0.25) is 4.99 Å². The van der Waals surface area contributed by atoms with E-state index in [1.807, 2.05) is 19.1 Å². The molecule has 6 nitrogen and oxygen atoms in total. The van der Waals surface area contributed by atoms with E-state index in [1.54, 1.807) is 20.4 Å². The Morgan fingerprint density at radius 2 is 1.88 bits per heavy atom. The Morgan fingerprint density at radius 1 is 1.15 bits per heavy atom. The highest BCUT2D eigenvalue weighted by atomic mass is 127. The van der Waals surface area contributed by atoms with Crippen LogP contribution in [0.25, 0.3) is 0 Å². The SMILES string of the molecule is CCOc1cc(C)ccc1CNC(=NC)NCc1cccnc1OC.I. The van der Waals surface area contributed by atoms with E-state index in [9.17, 15) is 0 Å². The van der Waals surface area contributed by atoms with Crippen LogP contribution in [-0.2, 0) is 13.1 Å². The topological polar surface area (TPSA) is 67.8 Å². The molecule has 0 aliphatic carbocycles. The molecule has 2 rings (SSSR count). The average molecular weight is 470 g/mol. The standard InChI is InChI=1S/C19H26N4O2.HI/c1-5-25-17-11-14(2)8-9-15(17)12-22-19(20-3)23-13-16-7-6-10-21-18(16)24-4;/h6-11H,5,12-13H2,1-4H3,(H2,20,22,23);1H. The van der Waals surface area contributed by atoms with Gasteiger partial charge in [0.1, 0.15) is 5.75 Å². The van der Waals surface area contributed by atoms with Gasteiger partial charge in [0, 0.05) is 37.5 Å². The van der Waals surface area contributed by atoms with Gasteiger partial charge in [-0.2, -0.15) is 0 Å². The van der Waals surface area contributed by atoms with Crippen LogP contribution >= 0.6 is 24.0 Å². The van der Waals surface area contributed by atoms with Crippen LogP contribution in [0.1, 0.15) is 23.6 Å². The first kappa shape index (κ1) is 22.0. The Labute approximate surface area is 172 Å². The lowest BCUT2D eigenvalue weighted by molar-refractivity contribution is 0.336. The van der Waals surface area contributed by atoms with Crippen LogP contribution in [0.4, 0.5) is 0 Å². The van der Waals surface area contributed by atoms with Gasteiger partial charge in [0.25, 0.3) is 0 Å². The minimum absolute atomic E-state index is 0. The number of rotatable bonds is 7. The lowest BCUT2D eigenvalue weighted by Gasteiger charge is -2.15. The number of guanidine groups is 1. The Hall–Kier alpha value is -2.03. The Bertz CT molecular complexity index is 722. The molecule has 0 aliphatic rings. The van der Waals surface area contributed by atoms with Crippen LogP contribution < -0.4 is 20.1 Å². The number of methoxy groups -OCH3 is 1. The number of pyridine rings is 1. The highest BCUT2D eigenvalue weighted by Gasteiger charge is 2.07. The highest BCUT2D eigenvalue weighted by molar-refractivity contribution is 14.0. The second-order valence-corrected chi connectivity index (χ2v) is 5.50. The normalized spacial score (nSPS) is 10.7. The fourth-order valence-electron chi connectivity index (χ4n) is 2.42. The molecule has 0 saturated heterocycles. The summed E-state index contributed by atoms with van der Waals surface area (Å²) in [4.78, 5) is 8.46.